The largest absolute Gasteiger partial charge is 0.363 e. The maximum Gasteiger partial charge on any atom is 0.293 e. The first-order chi connectivity index (χ1) is 12.1. The van der Waals surface area contributed by atoms with Crippen molar-refractivity contribution < 1.29 is 0 Å². The first-order valence-electron chi connectivity index (χ1n) is 8.84. The number of aryl methyl sites for hydroxylation is 1. The van der Waals surface area contributed by atoms with Crippen molar-refractivity contribution in [3.05, 3.63) is 64.2 Å². The molecule has 1 N–H and O–H groups in total. The molecule has 25 heavy (non-hydrogen) atoms. The summed E-state index contributed by atoms with van der Waals surface area (Å²) in [6, 6.07) is 10.8. The zero-order chi connectivity index (χ0) is 17.6. The van der Waals surface area contributed by atoms with Gasteiger partial charge in [0.25, 0.3) is 5.56 Å². The zero-order valence-electron chi connectivity index (χ0n) is 15.0. The second kappa shape index (κ2) is 8.12. The SMILES string of the molecule is C/C(=C\c1ccccc1)CN1CCC(Nc2nccn(C)c2=O)CC1. The quantitative estimate of drug-likeness (QED) is 0.911. The van der Waals surface area contributed by atoms with Gasteiger partial charge in [-0.25, -0.2) is 4.98 Å². The maximum absolute atomic E-state index is 12.0. The Morgan fingerprint density at radius 2 is 2.00 bits per heavy atom. The lowest BCUT2D eigenvalue weighted by Crippen LogP contribution is -2.41. The molecule has 0 radical (unpaired) electrons. The molecule has 1 aliphatic rings. The van der Waals surface area contributed by atoms with E-state index in [9.17, 15) is 4.79 Å². The van der Waals surface area contributed by atoms with Crippen molar-refractivity contribution in [2.75, 3.05) is 25.0 Å². The molecule has 0 aliphatic carbocycles. The third kappa shape index (κ3) is 4.79. The molecule has 3 rings (SSSR count). The minimum atomic E-state index is -0.0634. The zero-order valence-corrected chi connectivity index (χ0v) is 15.0. The number of hydrogen-bond acceptors (Lipinski definition) is 4. The molecular formula is C20H26N4O. The van der Waals surface area contributed by atoms with Crippen molar-refractivity contribution in [3.8, 4) is 0 Å². The number of benzene rings is 1. The van der Waals surface area contributed by atoms with E-state index in [0.29, 0.717) is 11.9 Å². The van der Waals surface area contributed by atoms with Crippen LogP contribution in [0.5, 0.6) is 0 Å². The highest BCUT2D eigenvalue weighted by atomic mass is 16.1. The number of likely N-dealkylation sites (tertiary alicyclic amines) is 1. The Labute approximate surface area is 149 Å². The van der Waals surface area contributed by atoms with Crippen LogP contribution in [0.2, 0.25) is 0 Å². The molecule has 0 bridgehead atoms. The fourth-order valence-electron chi connectivity index (χ4n) is 3.26. The number of nitrogens with one attached hydrogen (secondary N) is 1. The summed E-state index contributed by atoms with van der Waals surface area (Å²) in [6.45, 7) is 5.25. The van der Waals surface area contributed by atoms with Gasteiger partial charge in [0.15, 0.2) is 5.82 Å². The molecular weight excluding hydrogens is 312 g/mol. The molecule has 1 aliphatic heterocycles. The van der Waals surface area contributed by atoms with Gasteiger partial charge in [0.05, 0.1) is 0 Å². The molecule has 132 valence electrons. The Kier molecular flexibility index (Phi) is 5.66. The summed E-state index contributed by atoms with van der Waals surface area (Å²) in [5.41, 5.74) is 2.56. The van der Waals surface area contributed by atoms with E-state index in [0.717, 1.165) is 32.5 Å². The van der Waals surface area contributed by atoms with Crippen molar-refractivity contribution in [2.45, 2.75) is 25.8 Å². The summed E-state index contributed by atoms with van der Waals surface area (Å²) in [4.78, 5) is 18.7. The summed E-state index contributed by atoms with van der Waals surface area (Å²) < 4.78 is 1.56. The third-order valence-corrected chi connectivity index (χ3v) is 4.63. The molecule has 2 aromatic rings. The summed E-state index contributed by atoms with van der Waals surface area (Å²) in [5, 5.41) is 3.32. The van der Waals surface area contributed by atoms with E-state index in [4.69, 9.17) is 0 Å². The van der Waals surface area contributed by atoms with Crippen molar-refractivity contribution in [1.82, 2.24) is 14.5 Å². The summed E-state index contributed by atoms with van der Waals surface area (Å²) in [7, 11) is 1.75. The van der Waals surface area contributed by atoms with Crippen LogP contribution in [-0.4, -0.2) is 40.1 Å². The van der Waals surface area contributed by atoms with Crippen LogP contribution >= 0.6 is 0 Å². The standard InChI is InChI=1S/C20H26N4O/c1-16(14-17-6-4-3-5-7-17)15-24-11-8-18(9-12-24)22-19-20(25)23(2)13-10-21-19/h3-7,10,13-14,18H,8-9,11-12,15H2,1-2H3,(H,21,22)/b16-14+. The van der Waals surface area contributed by atoms with E-state index in [1.54, 1.807) is 24.0 Å². The number of anilines is 1. The summed E-state index contributed by atoms with van der Waals surface area (Å²) >= 11 is 0. The smallest absolute Gasteiger partial charge is 0.293 e. The monoisotopic (exact) mass is 338 g/mol. The average Bonchev–Trinajstić information content (AvgIpc) is 2.61. The van der Waals surface area contributed by atoms with Crippen LogP contribution in [0.25, 0.3) is 6.08 Å². The molecule has 0 atom stereocenters. The summed E-state index contributed by atoms with van der Waals surface area (Å²) in [6.07, 6.45) is 7.65. The lowest BCUT2D eigenvalue weighted by Gasteiger charge is -2.32. The Morgan fingerprint density at radius 1 is 1.28 bits per heavy atom. The molecule has 1 saturated heterocycles. The van der Waals surface area contributed by atoms with E-state index in [1.807, 2.05) is 6.07 Å². The van der Waals surface area contributed by atoms with Gasteiger partial charge in [-0.2, -0.15) is 0 Å². The van der Waals surface area contributed by atoms with E-state index >= 15 is 0 Å². The van der Waals surface area contributed by atoms with E-state index in [1.165, 1.54) is 11.1 Å². The van der Waals surface area contributed by atoms with Crippen LogP contribution in [0.3, 0.4) is 0 Å². The van der Waals surface area contributed by atoms with Gasteiger partial charge >= 0.3 is 0 Å². The van der Waals surface area contributed by atoms with Crippen molar-refractivity contribution in [1.29, 1.82) is 0 Å². The van der Waals surface area contributed by atoms with Crippen LogP contribution in [0, 0.1) is 0 Å². The maximum atomic E-state index is 12.0. The van der Waals surface area contributed by atoms with Crippen LogP contribution < -0.4 is 10.9 Å². The second-order valence-corrected chi connectivity index (χ2v) is 6.79. The van der Waals surface area contributed by atoms with Gasteiger partial charge in [-0.1, -0.05) is 42.0 Å². The Bertz CT molecular complexity index is 774. The molecule has 2 heterocycles. The highest BCUT2D eigenvalue weighted by Gasteiger charge is 2.20. The van der Waals surface area contributed by atoms with E-state index < -0.39 is 0 Å². The van der Waals surface area contributed by atoms with Gasteiger partial charge < -0.3 is 9.88 Å². The number of nitrogens with zero attached hydrogens (tertiary/aromatic N) is 3. The minimum absolute atomic E-state index is 0.0634. The van der Waals surface area contributed by atoms with Crippen molar-refractivity contribution in [2.24, 2.45) is 7.05 Å². The Hall–Kier alpha value is -2.40. The minimum Gasteiger partial charge on any atom is -0.363 e. The number of aromatic nitrogens is 2. The van der Waals surface area contributed by atoms with Gasteiger partial charge in [0.1, 0.15) is 0 Å². The predicted octanol–water partition coefficient (Wildman–Crippen LogP) is 2.76. The number of rotatable bonds is 5. The van der Waals surface area contributed by atoms with Gasteiger partial charge in [-0.3, -0.25) is 9.69 Å². The van der Waals surface area contributed by atoms with Crippen molar-refractivity contribution in [3.63, 3.8) is 0 Å². The van der Waals surface area contributed by atoms with Gasteiger partial charge in [-0.05, 0) is 25.3 Å². The van der Waals surface area contributed by atoms with Gasteiger partial charge in [0.2, 0.25) is 0 Å². The van der Waals surface area contributed by atoms with Crippen LogP contribution in [0.4, 0.5) is 5.82 Å². The lowest BCUT2D eigenvalue weighted by molar-refractivity contribution is 0.236. The normalized spacial score (nSPS) is 16.8. The Morgan fingerprint density at radius 3 is 2.72 bits per heavy atom. The molecule has 5 nitrogen and oxygen atoms in total. The van der Waals surface area contributed by atoms with Crippen LogP contribution in [0.15, 0.2) is 53.1 Å². The third-order valence-electron chi connectivity index (χ3n) is 4.63. The lowest BCUT2D eigenvalue weighted by atomic mass is 10.0. The van der Waals surface area contributed by atoms with Crippen LogP contribution in [-0.2, 0) is 7.05 Å². The molecule has 0 spiro atoms. The fourth-order valence-corrected chi connectivity index (χ4v) is 3.26. The van der Waals surface area contributed by atoms with Gasteiger partial charge in [0, 0.05) is 45.1 Å². The second-order valence-electron chi connectivity index (χ2n) is 6.79. The molecule has 5 heteroatoms. The highest BCUT2D eigenvalue weighted by Crippen LogP contribution is 2.15. The molecule has 1 fully saturated rings. The number of hydrogen-bond donors (Lipinski definition) is 1. The first kappa shape index (κ1) is 17.4. The molecule has 1 aromatic heterocycles. The van der Waals surface area contributed by atoms with Crippen LogP contribution in [0.1, 0.15) is 25.3 Å². The topological polar surface area (TPSA) is 50.2 Å². The first-order valence-corrected chi connectivity index (χ1v) is 8.84. The highest BCUT2D eigenvalue weighted by molar-refractivity contribution is 5.52. The molecule has 0 amide bonds. The number of piperidine rings is 1. The van der Waals surface area contributed by atoms with Crippen molar-refractivity contribution >= 4 is 11.9 Å². The predicted molar refractivity (Wildman–Crippen MR) is 103 cm³/mol. The van der Waals surface area contributed by atoms with E-state index in [2.05, 4.69) is 52.5 Å². The van der Waals surface area contributed by atoms with E-state index in [-0.39, 0.29) is 5.56 Å². The molecule has 0 saturated carbocycles. The Balaban J connectivity index is 1.51. The molecule has 1 aromatic carbocycles. The van der Waals surface area contributed by atoms with Gasteiger partial charge in [-0.15, -0.1) is 0 Å². The fraction of sp³-hybridized carbons (Fsp3) is 0.400. The average molecular weight is 338 g/mol. The molecule has 0 unspecified atom stereocenters. The summed E-state index contributed by atoms with van der Waals surface area (Å²) in [5.74, 6) is 0.462.